The Bertz CT molecular complexity index is 1010. The van der Waals surface area contributed by atoms with Gasteiger partial charge in [0.1, 0.15) is 29.9 Å². The number of benzene rings is 1. The Morgan fingerprint density at radius 1 is 1.23 bits per heavy atom. The van der Waals surface area contributed by atoms with Crippen molar-refractivity contribution in [2.24, 2.45) is 0 Å². The molecule has 2 aromatic heterocycles. The number of rotatable bonds is 6. The zero-order valence-corrected chi connectivity index (χ0v) is 17.4. The molecule has 0 bridgehead atoms. The first kappa shape index (κ1) is 20.2. The van der Waals surface area contributed by atoms with E-state index in [9.17, 15) is 4.79 Å². The summed E-state index contributed by atoms with van der Waals surface area (Å²) in [6, 6.07) is 5.93. The molecule has 0 saturated carbocycles. The molecular formula is C22H26N4O4. The second-order valence-corrected chi connectivity index (χ2v) is 7.64. The first-order valence-corrected chi connectivity index (χ1v) is 10.2. The maximum Gasteiger partial charge on any atom is 0.260 e. The van der Waals surface area contributed by atoms with Crippen molar-refractivity contribution >= 4 is 11.6 Å². The molecule has 0 aliphatic carbocycles. The summed E-state index contributed by atoms with van der Waals surface area (Å²) in [6.45, 7) is 7.10. The zero-order valence-electron chi connectivity index (χ0n) is 17.4. The number of hydrogen-bond acceptors (Lipinski definition) is 7. The first-order chi connectivity index (χ1) is 14.5. The highest BCUT2D eigenvalue weighted by atomic mass is 16.5. The molecule has 8 nitrogen and oxygen atoms in total. The molecule has 2 N–H and O–H groups in total. The van der Waals surface area contributed by atoms with Crippen LogP contribution in [0.4, 0.5) is 5.69 Å². The van der Waals surface area contributed by atoms with Gasteiger partial charge < -0.3 is 24.4 Å². The van der Waals surface area contributed by atoms with Crippen LogP contribution >= 0.6 is 0 Å². The van der Waals surface area contributed by atoms with E-state index in [1.54, 1.807) is 6.92 Å². The van der Waals surface area contributed by atoms with Gasteiger partial charge in [0.2, 0.25) is 0 Å². The van der Waals surface area contributed by atoms with E-state index in [2.05, 4.69) is 20.9 Å². The van der Waals surface area contributed by atoms with Crippen LogP contribution in [0.25, 0.3) is 11.1 Å². The van der Waals surface area contributed by atoms with Crippen LogP contribution in [0.5, 0.6) is 5.75 Å². The molecular weight excluding hydrogens is 384 g/mol. The van der Waals surface area contributed by atoms with E-state index in [0.717, 1.165) is 35.5 Å². The van der Waals surface area contributed by atoms with E-state index in [4.69, 9.17) is 13.8 Å². The molecule has 1 atom stereocenters. The minimum Gasteiger partial charge on any atom is -0.491 e. The SMILES string of the molecule is Cc1nocc1C(=O)Nc1ccc(OCC2CCCCN2)c(-c2c(C)noc2C)c1. The summed E-state index contributed by atoms with van der Waals surface area (Å²) in [5.41, 5.74) is 4.06. The molecule has 8 heteroatoms. The molecule has 1 amide bonds. The third-order valence-corrected chi connectivity index (χ3v) is 5.39. The van der Waals surface area contributed by atoms with Crippen molar-refractivity contribution in [1.29, 1.82) is 0 Å². The van der Waals surface area contributed by atoms with E-state index >= 15 is 0 Å². The van der Waals surface area contributed by atoms with Gasteiger partial charge in [-0.25, -0.2) is 0 Å². The number of nitrogens with zero attached hydrogens (tertiary/aromatic N) is 2. The van der Waals surface area contributed by atoms with Crippen molar-refractivity contribution in [1.82, 2.24) is 15.6 Å². The van der Waals surface area contributed by atoms with Crippen molar-refractivity contribution < 1.29 is 18.6 Å². The lowest BCUT2D eigenvalue weighted by atomic mass is 10.0. The average Bonchev–Trinajstić information content (AvgIpc) is 3.32. The maximum absolute atomic E-state index is 12.6. The number of piperidine rings is 1. The van der Waals surface area contributed by atoms with Gasteiger partial charge in [-0.15, -0.1) is 0 Å². The highest BCUT2D eigenvalue weighted by molar-refractivity contribution is 6.05. The smallest absolute Gasteiger partial charge is 0.260 e. The Balaban J connectivity index is 1.61. The van der Waals surface area contributed by atoms with Crippen LogP contribution in [0, 0.1) is 20.8 Å². The summed E-state index contributed by atoms with van der Waals surface area (Å²) in [5.74, 6) is 1.15. The molecule has 1 unspecified atom stereocenters. The fourth-order valence-electron chi connectivity index (χ4n) is 3.76. The van der Waals surface area contributed by atoms with Crippen LogP contribution < -0.4 is 15.4 Å². The number of ether oxygens (including phenoxy) is 1. The van der Waals surface area contributed by atoms with Gasteiger partial charge in [0, 0.05) is 17.3 Å². The summed E-state index contributed by atoms with van der Waals surface area (Å²) in [7, 11) is 0. The van der Waals surface area contributed by atoms with Gasteiger partial charge in [-0.3, -0.25) is 4.79 Å². The topological polar surface area (TPSA) is 102 Å². The zero-order chi connectivity index (χ0) is 21.1. The van der Waals surface area contributed by atoms with Gasteiger partial charge in [0.05, 0.1) is 17.0 Å². The Morgan fingerprint density at radius 3 is 2.77 bits per heavy atom. The van der Waals surface area contributed by atoms with Crippen LogP contribution in [0.2, 0.25) is 0 Å². The molecule has 3 heterocycles. The Kier molecular flexibility index (Phi) is 5.85. The van der Waals surface area contributed by atoms with Gasteiger partial charge in [-0.05, 0) is 58.4 Å². The Labute approximate surface area is 174 Å². The third-order valence-electron chi connectivity index (χ3n) is 5.39. The van der Waals surface area contributed by atoms with E-state index in [1.165, 1.54) is 19.1 Å². The highest BCUT2D eigenvalue weighted by Gasteiger charge is 2.20. The average molecular weight is 410 g/mol. The van der Waals surface area contributed by atoms with Crippen molar-refractivity contribution in [3.8, 4) is 16.9 Å². The number of carbonyl (C=O) groups is 1. The molecule has 3 aromatic rings. The monoisotopic (exact) mass is 410 g/mol. The quantitative estimate of drug-likeness (QED) is 0.632. The van der Waals surface area contributed by atoms with Crippen LogP contribution in [-0.2, 0) is 0 Å². The van der Waals surface area contributed by atoms with Crippen molar-refractivity contribution in [3.05, 3.63) is 47.2 Å². The van der Waals surface area contributed by atoms with E-state index in [1.807, 2.05) is 32.0 Å². The first-order valence-electron chi connectivity index (χ1n) is 10.2. The fraction of sp³-hybridized carbons (Fsp3) is 0.409. The number of anilines is 1. The minimum atomic E-state index is -0.279. The lowest BCUT2D eigenvalue weighted by Crippen LogP contribution is -2.38. The number of hydrogen-bond donors (Lipinski definition) is 2. The van der Waals surface area contributed by atoms with Crippen LogP contribution in [0.1, 0.15) is 46.8 Å². The predicted octanol–water partition coefficient (Wildman–Crippen LogP) is 4.03. The summed E-state index contributed by atoms with van der Waals surface area (Å²) >= 11 is 0. The molecule has 4 rings (SSSR count). The van der Waals surface area contributed by atoms with Crippen LogP contribution in [0.3, 0.4) is 0 Å². The summed E-state index contributed by atoms with van der Waals surface area (Å²) in [6.07, 6.45) is 4.87. The van der Waals surface area contributed by atoms with Crippen LogP contribution in [0.15, 0.2) is 33.5 Å². The summed E-state index contributed by atoms with van der Waals surface area (Å²) < 4.78 is 16.4. The molecule has 0 spiro atoms. The lowest BCUT2D eigenvalue weighted by Gasteiger charge is -2.24. The van der Waals surface area contributed by atoms with E-state index < -0.39 is 0 Å². The third kappa shape index (κ3) is 4.23. The molecule has 1 fully saturated rings. The molecule has 1 aliphatic rings. The van der Waals surface area contributed by atoms with Gasteiger partial charge >= 0.3 is 0 Å². The molecule has 1 aromatic carbocycles. The standard InChI is InChI=1S/C22H26N4O4/c1-13-19(12-29-25-13)22(27)24-16-7-8-20(28-11-17-6-4-5-9-23-17)18(10-16)21-14(2)26-30-15(21)3/h7-8,10,12,17,23H,4-6,9,11H2,1-3H3,(H,24,27). The maximum atomic E-state index is 12.6. The van der Waals surface area contributed by atoms with E-state index in [-0.39, 0.29) is 5.91 Å². The van der Waals surface area contributed by atoms with Crippen molar-refractivity contribution in [2.75, 3.05) is 18.5 Å². The summed E-state index contributed by atoms with van der Waals surface area (Å²) in [4.78, 5) is 12.6. The Morgan fingerprint density at radius 2 is 2.10 bits per heavy atom. The number of carbonyl (C=O) groups excluding carboxylic acids is 1. The molecule has 30 heavy (non-hydrogen) atoms. The molecule has 1 aliphatic heterocycles. The van der Waals surface area contributed by atoms with Gasteiger partial charge in [-0.1, -0.05) is 16.7 Å². The van der Waals surface area contributed by atoms with Gasteiger partial charge in [0.25, 0.3) is 5.91 Å². The van der Waals surface area contributed by atoms with Crippen molar-refractivity contribution in [2.45, 2.75) is 46.1 Å². The lowest BCUT2D eigenvalue weighted by molar-refractivity contribution is 0.102. The molecule has 0 radical (unpaired) electrons. The molecule has 158 valence electrons. The molecule has 1 saturated heterocycles. The van der Waals surface area contributed by atoms with Crippen molar-refractivity contribution in [3.63, 3.8) is 0 Å². The van der Waals surface area contributed by atoms with Gasteiger partial charge in [-0.2, -0.15) is 0 Å². The second-order valence-electron chi connectivity index (χ2n) is 7.64. The number of aromatic nitrogens is 2. The predicted molar refractivity (Wildman–Crippen MR) is 112 cm³/mol. The number of nitrogens with one attached hydrogen (secondary N) is 2. The largest absolute Gasteiger partial charge is 0.491 e. The Hall–Kier alpha value is -3.13. The van der Waals surface area contributed by atoms with E-state index in [0.29, 0.717) is 35.4 Å². The second kappa shape index (κ2) is 8.71. The van der Waals surface area contributed by atoms with Crippen LogP contribution in [-0.4, -0.2) is 35.4 Å². The summed E-state index contributed by atoms with van der Waals surface area (Å²) in [5, 5.41) is 14.2. The van der Waals surface area contributed by atoms with Gasteiger partial charge in [0.15, 0.2) is 0 Å². The minimum absolute atomic E-state index is 0.279. The fourth-order valence-corrected chi connectivity index (χ4v) is 3.76. The normalized spacial score (nSPS) is 16.4. The number of amides is 1. The highest BCUT2D eigenvalue weighted by Crippen LogP contribution is 2.37. The number of aryl methyl sites for hydroxylation is 3.